The topological polar surface area (TPSA) is 84.8 Å². The van der Waals surface area contributed by atoms with E-state index in [-0.39, 0.29) is 29.8 Å². The van der Waals surface area contributed by atoms with Gasteiger partial charge in [-0.3, -0.25) is 14.4 Å². The number of benzene rings is 1. The van der Waals surface area contributed by atoms with Crippen molar-refractivity contribution >= 4 is 23.2 Å². The lowest BCUT2D eigenvalue weighted by Crippen LogP contribution is -2.34. The molecule has 2 aliphatic rings. The number of rotatable bonds is 5. The fourth-order valence-corrected chi connectivity index (χ4v) is 4.28. The molecular weight excluding hydrogens is 356 g/mol. The zero-order chi connectivity index (χ0) is 20.6. The number of carbonyl (C=O) groups is 3. The van der Waals surface area contributed by atoms with E-state index in [4.69, 9.17) is 4.84 Å². The summed E-state index contributed by atoms with van der Waals surface area (Å²) in [6.45, 7) is 9.99. The molecule has 1 fully saturated rings. The molecule has 6 heteroatoms. The zero-order valence-electron chi connectivity index (χ0n) is 17.2. The summed E-state index contributed by atoms with van der Waals surface area (Å²) >= 11 is 0. The lowest BCUT2D eigenvalue weighted by atomic mass is 9.86. The van der Waals surface area contributed by atoms with Crippen LogP contribution in [0.4, 0.5) is 0 Å². The Morgan fingerprint density at radius 3 is 2.43 bits per heavy atom. The normalized spacial score (nSPS) is 23.5. The summed E-state index contributed by atoms with van der Waals surface area (Å²) in [6, 6.07) is 4.03. The van der Waals surface area contributed by atoms with Gasteiger partial charge in [-0.2, -0.15) is 0 Å². The zero-order valence-corrected chi connectivity index (χ0v) is 17.2. The highest BCUT2D eigenvalue weighted by Gasteiger charge is 2.43. The summed E-state index contributed by atoms with van der Waals surface area (Å²) in [4.78, 5) is 43.0. The highest BCUT2D eigenvalue weighted by molar-refractivity contribution is 6.39. The van der Waals surface area contributed by atoms with E-state index in [1.165, 1.54) is 0 Å². The van der Waals surface area contributed by atoms with E-state index in [1.807, 2.05) is 46.8 Å². The molecule has 1 aromatic rings. The van der Waals surface area contributed by atoms with Crippen molar-refractivity contribution in [2.45, 2.75) is 65.4 Å². The van der Waals surface area contributed by atoms with Crippen LogP contribution in [0.2, 0.25) is 0 Å². The van der Waals surface area contributed by atoms with E-state index < -0.39 is 11.5 Å². The number of amides is 1. The van der Waals surface area contributed by atoms with E-state index in [9.17, 15) is 14.4 Å². The van der Waals surface area contributed by atoms with Crippen LogP contribution in [0.15, 0.2) is 17.3 Å². The molecule has 1 N–H and O–H groups in total. The Kier molecular flexibility index (Phi) is 5.41. The first-order chi connectivity index (χ1) is 13.1. The second-order valence-electron chi connectivity index (χ2n) is 8.63. The third-order valence-corrected chi connectivity index (χ3v) is 5.52. The van der Waals surface area contributed by atoms with Gasteiger partial charge in [-0.05, 0) is 57.7 Å². The number of nitrogens with one attached hydrogen (secondary N) is 1. The Morgan fingerprint density at radius 2 is 1.86 bits per heavy atom. The van der Waals surface area contributed by atoms with E-state index in [0.717, 1.165) is 22.3 Å². The maximum Gasteiger partial charge on any atom is 0.269 e. The molecule has 0 saturated heterocycles. The van der Waals surface area contributed by atoms with E-state index in [0.29, 0.717) is 25.1 Å². The van der Waals surface area contributed by atoms with Gasteiger partial charge < -0.3 is 10.2 Å². The maximum atomic E-state index is 12.9. The van der Waals surface area contributed by atoms with Crippen molar-refractivity contribution < 1.29 is 19.2 Å². The predicted octanol–water partition coefficient (Wildman–Crippen LogP) is 2.91. The van der Waals surface area contributed by atoms with Gasteiger partial charge >= 0.3 is 0 Å². The monoisotopic (exact) mass is 384 g/mol. The number of hydrogen-bond acceptors (Lipinski definition) is 5. The van der Waals surface area contributed by atoms with Gasteiger partial charge in [0.05, 0.1) is 0 Å². The molecule has 2 atom stereocenters. The molecule has 1 saturated carbocycles. The predicted molar refractivity (Wildman–Crippen MR) is 106 cm³/mol. The average Bonchev–Trinajstić information content (AvgIpc) is 3.08. The van der Waals surface area contributed by atoms with E-state index in [1.54, 1.807) is 0 Å². The van der Waals surface area contributed by atoms with Crippen LogP contribution < -0.4 is 5.32 Å². The van der Waals surface area contributed by atoms with Gasteiger partial charge in [0.25, 0.3) is 5.91 Å². The van der Waals surface area contributed by atoms with Gasteiger partial charge in [0, 0.05) is 25.3 Å². The van der Waals surface area contributed by atoms with Crippen molar-refractivity contribution in [1.82, 2.24) is 5.32 Å². The van der Waals surface area contributed by atoms with Gasteiger partial charge in [-0.1, -0.05) is 22.9 Å². The molecular formula is C22H28N2O4. The first-order valence-electron chi connectivity index (χ1n) is 9.76. The molecule has 2 unspecified atom stereocenters. The van der Waals surface area contributed by atoms with Gasteiger partial charge in [0.2, 0.25) is 0 Å². The quantitative estimate of drug-likeness (QED) is 0.791. The van der Waals surface area contributed by atoms with Crippen molar-refractivity contribution in [2.75, 3.05) is 6.54 Å². The minimum atomic E-state index is -0.672. The lowest BCUT2D eigenvalue weighted by molar-refractivity contribution is -0.125. The third-order valence-electron chi connectivity index (χ3n) is 5.52. The Balaban J connectivity index is 1.61. The minimum absolute atomic E-state index is 0.0216. The van der Waals surface area contributed by atoms with Crippen LogP contribution in [0.25, 0.3) is 0 Å². The van der Waals surface area contributed by atoms with Crippen LogP contribution in [0.1, 0.15) is 61.3 Å². The molecule has 0 spiro atoms. The van der Waals surface area contributed by atoms with Crippen LogP contribution in [0.5, 0.6) is 0 Å². The summed E-state index contributed by atoms with van der Waals surface area (Å²) in [5.41, 5.74) is 3.85. The molecule has 1 aliphatic carbocycles. The number of nitrogens with zero attached hydrogens (tertiary/aromatic N) is 1. The summed E-state index contributed by atoms with van der Waals surface area (Å²) < 4.78 is 0. The highest BCUT2D eigenvalue weighted by Crippen LogP contribution is 2.37. The molecule has 1 aromatic carbocycles. The highest BCUT2D eigenvalue weighted by atomic mass is 16.7. The van der Waals surface area contributed by atoms with Gasteiger partial charge in [-0.15, -0.1) is 0 Å². The Morgan fingerprint density at radius 1 is 1.21 bits per heavy atom. The van der Waals surface area contributed by atoms with Crippen LogP contribution in [0, 0.1) is 26.7 Å². The summed E-state index contributed by atoms with van der Waals surface area (Å²) in [7, 11) is 0. The van der Waals surface area contributed by atoms with Crippen LogP contribution in [-0.4, -0.2) is 35.3 Å². The Bertz CT molecular complexity index is 846. The molecule has 28 heavy (non-hydrogen) atoms. The molecule has 0 radical (unpaired) electrons. The number of hydrogen-bond donors (Lipinski definition) is 1. The molecule has 150 valence electrons. The van der Waals surface area contributed by atoms with Gasteiger partial charge in [0.1, 0.15) is 23.0 Å². The Hall–Kier alpha value is -2.50. The van der Waals surface area contributed by atoms with Crippen molar-refractivity contribution in [1.29, 1.82) is 0 Å². The van der Waals surface area contributed by atoms with Crippen molar-refractivity contribution in [3.05, 3.63) is 34.4 Å². The standard InChI is InChI=1S/C22H28N2O4/c1-12-8-13(2)18(14(3)9-12)19-17(25)10-15(20(19)26)6-7-23-21(27)16-11-22(4,5)28-24-16/h8-9,15,19H,6-7,10-11H2,1-5H3,(H,23,27). The maximum absolute atomic E-state index is 12.9. The molecule has 0 aromatic heterocycles. The van der Waals surface area contributed by atoms with Crippen molar-refractivity contribution in [2.24, 2.45) is 11.1 Å². The smallest absolute Gasteiger partial charge is 0.269 e. The Labute approximate surface area is 165 Å². The number of oxime groups is 1. The SMILES string of the molecule is Cc1cc(C)c(C2C(=O)CC(CCNC(=O)C3=NOC(C)(C)C3)C2=O)c(C)c1. The molecule has 1 heterocycles. The largest absolute Gasteiger partial charge is 0.389 e. The second kappa shape index (κ2) is 7.49. The second-order valence-corrected chi connectivity index (χ2v) is 8.63. The van der Waals surface area contributed by atoms with Crippen LogP contribution >= 0.6 is 0 Å². The van der Waals surface area contributed by atoms with E-state index >= 15 is 0 Å². The number of Topliss-reactive ketones (excluding diaryl/α,β-unsaturated/α-hetero) is 2. The fraction of sp³-hybridized carbons (Fsp3) is 0.545. The number of carbonyl (C=O) groups excluding carboxylic acids is 3. The molecule has 0 bridgehead atoms. The summed E-state index contributed by atoms with van der Waals surface area (Å²) in [6.07, 6.45) is 1.14. The number of aryl methyl sites for hydroxylation is 3. The van der Waals surface area contributed by atoms with Crippen molar-refractivity contribution in [3.63, 3.8) is 0 Å². The summed E-state index contributed by atoms with van der Waals surface area (Å²) in [5, 5.41) is 6.62. The number of ketones is 2. The molecule has 6 nitrogen and oxygen atoms in total. The summed E-state index contributed by atoms with van der Waals surface area (Å²) in [5.74, 6) is -1.35. The molecule has 3 rings (SSSR count). The van der Waals surface area contributed by atoms with Crippen molar-refractivity contribution in [3.8, 4) is 0 Å². The lowest BCUT2D eigenvalue weighted by Gasteiger charge is -2.16. The molecule has 1 aliphatic heterocycles. The van der Waals surface area contributed by atoms with Crippen LogP contribution in [-0.2, 0) is 19.2 Å². The first kappa shape index (κ1) is 20.2. The third kappa shape index (κ3) is 4.01. The van der Waals surface area contributed by atoms with Crippen LogP contribution in [0.3, 0.4) is 0 Å². The fourth-order valence-electron chi connectivity index (χ4n) is 4.28. The molecule has 1 amide bonds. The first-order valence-corrected chi connectivity index (χ1v) is 9.76. The van der Waals surface area contributed by atoms with Gasteiger partial charge in [-0.25, -0.2) is 0 Å². The van der Waals surface area contributed by atoms with E-state index in [2.05, 4.69) is 10.5 Å². The van der Waals surface area contributed by atoms with Gasteiger partial charge in [0.15, 0.2) is 5.78 Å². The average molecular weight is 384 g/mol. The minimum Gasteiger partial charge on any atom is -0.389 e.